The van der Waals surface area contributed by atoms with Gasteiger partial charge in [0.2, 0.25) is 5.91 Å². The molecule has 0 saturated carbocycles. The Balaban J connectivity index is 2.19. The molecular formula is C16H24N6O. The zero-order chi connectivity index (χ0) is 17.0. The Labute approximate surface area is 137 Å². The Morgan fingerprint density at radius 1 is 1.22 bits per heavy atom. The van der Waals surface area contributed by atoms with E-state index in [-0.39, 0.29) is 12.5 Å². The molecule has 0 aliphatic carbocycles. The number of aryl methyl sites for hydroxylation is 2. The Hall–Kier alpha value is -2.44. The first kappa shape index (κ1) is 16.9. The zero-order valence-corrected chi connectivity index (χ0v) is 14.4. The van der Waals surface area contributed by atoms with Gasteiger partial charge in [-0.1, -0.05) is 0 Å². The highest BCUT2D eigenvalue weighted by Gasteiger charge is 2.15. The van der Waals surface area contributed by atoms with E-state index in [1.165, 1.54) is 0 Å². The molecule has 0 atom stereocenters. The summed E-state index contributed by atoms with van der Waals surface area (Å²) in [4.78, 5) is 24.6. The fraction of sp³-hybridized carbons (Fsp3) is 0.500. The summed E-state index contributed by atoms with van der Waals surface area (Å²) in [5, 5.41) is 4.42. The van der Waals surface area contributed by atoms with Crippen LogP contribution in [0.15, 0.2) is 18.5 Å². The van der Waals surface area contributed by atoms with E-state index in [2.05, 4.69) is 15.1 Å². The third kappa shape index (κ3) is 3.85. The lowest BCUT2D eigenvalue weighted by Crippen LogP contribution is -2.39. The van der Waals surface area contributed by atoms with Gasteiger partial charge in [-0.3, -0.25) is 9.78 Å². The van der Waals surface area contributed by atoms with Crippen LogP contribution in [0.4, 0.5) is 5.82 Å². The van der Waals surface area contributed by atoms with Crippen molar-refractivity contribution in [1.29, 1.82) is 0 Å². The van der Waals surface area contributed by atoms with Crippen molar-refractivity contribution in [3.63, 3.8) is 0 Å². The van der Waals surface area contributed by atoms with Gasteiger partial charge in [0.1, 0.15) is 5.82 Å². The van der Waals surface area contributed by atoms with Crippen molar-refractivity contribution in [2.45, 2.75) is 27.7 Å². The second-order valence-corrected chi connectivity index (χ2v) is 5.50. The summed E-state index contributed by atoms with van der Waals surface area (Å²) >= 11 is 0. The topological polar surface area (TPSA) is 67.2 Å². The average molecular weight is 316 g/mol. The fourth-order valence-corrected chi connectivity index (χ4v) is 2.45. The summed E-state index contributed by atoms with van der Waals surface area (Å²) in [7, 11) is 1.84. The smallest absolute Gasteiger partial charge is 0.242 e. The van der Waals surface area contributed by atoms with Crippen molar-refractivity contribution < 1.29 is 4.79 Å². The minimum atomic E-state index is 0.0795. The Morgan fingerprint density at radius 3 is 2.48 bits per heavy atom. The molecule has 0 aliphatic heterocycles. The number of anilines is 1. The number of hydrogen-bond acceptors (Lipinski definition) is 5. The molecule has 7 heteroatoms. The zero-order valence-electron chi connectivity index (χ0n) is 14.4. The van der Waals surface area contributed by atoms with Crippen LogP contribution in [0.3, 0.4) is 0 Å². The number of hydrogen-bond donors (Lipinski definition) is 0. The highest BCUT2D eigenvalue weighted by Crippen LogP contribution is 2.13. The number of carbonyl (C=O) groups excluding carboxylic acids is 1. The normalized spacial score (nSPS) is 10.7. The first-order valence-corrected chi connectivity index (χ1v) is 7.80. The molecular weight excluding hydrogens is 292 g/mol. The van der Waals surface area contributed by atoms with Crippen LogP contribution < -0.4 is 4.90 Å². The molecule has 7 nitrogen and oxygen atoms in total. The maximum Gasteiger partial charge on any atom is 0.242 e. The van der Waals surface area contributed by atoms with Gasteiger partial charge in [0, 0.05) is 25.8 Å². The quantitative estimate of drug-likeness (QED) is 0.809. The van der Waals surface area contributed by atoms with Crippen LogP contribution in [0.5, 0.6) is 0 Å². The van der Waals surface area contributed by atoms with Gasteiger partial charge in [0.25, 0.3) is 0 Å². The van der Waals surface area contributed by atoms with Crippen molar-refractivity contribution >= 4 is 11.7 Å². The van der Waals surface area contributed by atoms with Crippen molar-refractivity contribution in [3.05, 3.63) is 29.8 Å². The van der Waals surface area contributed by atoms with Crippen LogP contribution in [0.1, 0.15) is 25.2 Å². The molecule has 124 valence electrons. The number of carbonyl (C=O) groups is 1. The maximum atomic E-state index is 12.2. The van der Waals surface area contributed by atoms with Gasteiger partial charge in [-0.2, -0.15) is 5.10 Å². The summed E-state index contributed by atoms with van der Waals surface area (Å²) in [6.45, 7) is 9.56. The minimum Gasteiger partial charge on any atom is -0.349 e. The molecule has 0 saturated heterocycles. The molecule has 0 aromatic carbocycles. The van der Waals surface area contributed by atoms with Crippen molar-refractivity contribution in [1.82, 2.24) is 24.6 Å². The van der Waals surface area contributed by atoms with Crippen LogP contribution in [0, 0.1) is 13.8 Å². The predicted molar refractivity (Wildman–Crippen MR) is 89.8 cm³/mol. The summed E-state index contributed by atoms with van der Waals surface area (Å²) in [6, 6.07) is 1.99. The van der Waals surface area contributed by atoms with Gasteiger partial charge < -0.3 is 9.80 Å². The van der Waals surface area contributed by atoms with E-state index in [1.807, 2.05) is 45.7 Å². The number of rotatable bonds is 6. The standard InChI is InChI=1S/C16H24N6O/c1-6-21(7-2)16(23)11-20(5)14-9-17-10-15(18-14)22-13(4)8-12(3)19-22/h8-10H,6-7,11H2,1-5H3. The van der Waals surface area contributed by atoms with E-state index in [9.17, 15) is 4.79 Å². The van der Waals surface area contributed by atoms with E-state index in [0.29, 0.717) is 24.7 Å². The maximum absolute atomic E-state index is 12.2. The van der Waals surface area contributed by atoms with Crippen LogP contribution in [-0.2, 0) is 4.79 Å². The second kappa shape index (κ2) is 7.21. The molecule has 1 amide bonds. The first-order valence-electron chi connectivity index (χ1n) is 7.80. The van der Waals surface area contributed by atoms with Gasteiger partial charge in [-0.05, 0) is 33.8 Å². The molecule has 23 heavy (non-hydrogen) atoms. The van der Waals surface area contributed by atoms with Crippen LogP contribution in [0.25, 0.3) is 5.82 Å². The third-order valence-corrected chi connectivity index (χ3v) is 3.72. The number of likely N-dealkylation sites (N-methyl/N-ethyl adjacent to an activating group) is 2. The van der Waals surface area contributed by atoms with Crippen LogP contribution in [-0.4, -0.2) is 57.2 Å². The lowest BCUT2D eigenvalue weighted by molar-refractivity contribution is -0.129. The molecule has 2 heterocycles. The van der Waals surface area contributed by atoms with Crippen LogP contribution in [0.2, 0.25) is 0 Å². The van der Waals surface area contributed by atoms with E-state index in [1.54, 1.807) is 22.0 Å². The molecule has 2 rings (SSSR count). The Bertz CT molecular complexity index is 677. The first-order chi connectivity index (χ1) is 11.0. The van der Waals surface area contributed by atoms with E-state index >= 15 is 0 Å². The molecule has 0 bridgehead atoms. The van der Waals surface area contributed by atoms with E-state index < -0.39 is 0 Å². The molecule has 0 N–H and O–H groups in total. The summed E-state index contributed by atoms with van der Waals surface area (Å²) in [6.07, 6.45) is 3.33. The molecule has 0 spiro atoms. The third-order valence-electron chi connectivity index (χ3n) is 3.72. The molecule has 2 aromatic rings. The lowest BCUT2D eigenvalue weighted by atomic mass is 10.4. The van der Waals surface area contributed by atoms with E-state index in [4.69, 9.17) is 0 Å². The monoisotopic (exact) mass is 316 g/mol. The molecule has 0 aliphatic rings. The highest BCUT2D eigenvalue weighted by molar-refractivity contribution is 5.81. The average Bonchev–Trinajstić information content (AvgIpc) is 2.87. The van der Waals surface area contributed by atoms with Crippen molar-refractivity contribution in [2.75, 3.05) is 31.6 Å². The molecule has 2 aromatic heterocycles. The van der Waals surface area contributed by atoms with Gasteiger partial charge >= 0.3 is 0 Å². The van der Waals surface area contributed by atoms with E-state index in [0.717, 1.165) is 11.4 Å². The fourth-order valence-electron chi connectivity index (χ4n) is 2.45. The highest BCUT2D eigenvalue weighted by atomic mass is 16.2. The molecule has 0 unspecified atom stereocenters. The second-order valence-electron chi connectivity index (χ2n) is 5.50. The van der Waals surface area contributed by atoms with Gasteiger partial charge in [0.15, 0.2) is 5.82 Å². The number of amides is 1. The number of aromatic nitrogens is 4. The Kier molecular flexibility index (Phi) is 5.31. The molecule has 0 radical (unpaired) electrons. The van der Waals surface area contributed by atoms with Gasteiger partial charge in [0.05, 0.1) is 24.6 Å². The lowest BCUT2D eigenvalue weighted by Gasteiger charge is -2.23. The summed E-state index contributed by atoms with van der Waals surface area (Å²) < 4.78 is 1.76. The largest absolute Gasteiger partial charge is 0.349 e. The van der Waals surface area contributed by atoms with Crippen molar-refractivity contribution in [3.8, 4) is 5.82 Å². The predicted octanol–water partition coefficient (Wildman–Crippen LogP) is 1.58. The molecule has 0 fully saturated rings. The Morgan fingerprint density at radius 2 is 1.91 bits per heavy atom. The van der Waals surface area contributed by atoms with Gasteiger partial charge in [-0.25, -0.2) is 9.67 Å². The summed E-state index contributed by atoms with van der Waals surface area (Å²) in [5.41, 5.74) is 1.93. The van der Waals surface area contributed by atoms with Crippen molar-refractivity contribution in [2.24, 2.45) is 0 Å². The SMILES string of the molecule is CCN(CC)C(=O)CN(C)c1cncc(-n2nc(C)cc2C)n1. The minimum absolute atomic E-state index is 0.0795. The number of nitrogens with zero attached hydrogens (tertiary/aromatic N) is 6. The van der Waals surface area contributed by atoms with Crippen LogP contribution >= 0.6 is 0 Å². The summed E-state index contributed by atoms with van der Waals surface area (Å²) in [5.74, 6) is 1.38. The van der Waals surface area contributed by atoms with Gasteiger partial charge in [-0.15, -0.1) is 0 Å².